The summed E-state index contributed by atoms with van der Waals surface area (Å²) in [4.78, 5) is 0. The van der Waals surface area contributed by atoms with Crippen molar-refractivity contribution in [2.24, 2.45) is 0 Å². The van der Waals surface area contributed by atoms with Crippen LogP contribution in [0.5, 0.6) is 0 Å². The van der Waals surface area contributed by atoms with Gasteiger partial charge in [0.25, 0.3) is 0 Å². The fourth-order valence-corrected chi connectivity index (χ4v) is 13.9. The molecule has 0 aliphatic heterocycles. The van der Waals surface area contributed by atoms with Gasteiger partial charge in [-0.2, -0.15) is 0 Å². The molecule has 0 spiro atoms. The van der Waals surface area contributed by atoms with Gasteiger partial charge in [-0.25, -0.2) is 0 Å². The second-order valence-electron chi connectivity index (χ2n) is 22.4. The number of furan rings is 2. The molecule has 0 atom stereocenters. The minimum atomic E-state index is -0.317. The van der Waals surface area contributed by atoms with Crippen LogP contribution >= 0.6 is 0 Å². The van der Waals surface area contributed by atoms with Crippen molar-refractivity contribution in [3.8, 4) is 66.8 Å². The van der Waals surface area contributed by atoms with Gasteiger partial charge in [0, 0.05) is 54.3 Å². The van der Waals surface area contributed by atoms with Gasteiger partial charge in [-0.1, -0.05) is 165 Å². The predicted molar refractivity (Wildman–Crippen MR) is 282 cm³/mol. The van der Waals surface area contributed by atoms with Crippen molar-refractivity contribution in [2.45, 2.75) is 77.0 Å². The fourth-order valence-electron chi connectivity index (χ4n) is 13.9. The lowest BCUT2D eigenvalue weighted by Gasteiger charge is -2.25. The number of para-hydroxylation sites is 2. The Kier molecular flexibility index (Phi) is 7.03. The maximum absolute atomic E-state index is 7.13. The summed E-state index contributed by atoms with van der Waals surface area (Å²) in [5.41, 5.74) is 29.0. The summed E-state index contributed by atoms with van der Waals surface area (Å²) >= 11 is 0. The third-order valence-electron chi connectivity index (χ3n) is 17.5. The molecule has 4 aliphatic rings. The minimum absolute atomic E-state index is 0.105. The van der Waals surface area contributed by atoms with Crippen LogP contribution in [0.1, 0.15) is 99.9 Å². The molecule has 0 fully saturated rings. The summed E-state index contributed by atoms with van der Waals surface area (Å²) in [5.74, 6) is 0. The SMILES string of the molecule is CC1(C)c2ccccc2-c2ccc(-c3cc4c(c5oc6ccccc6c35)-c3cc5c(cc3C4(C)C)-c3c(cc(-c4ccc6c(c4)C(C)(C)c4ccccc4-6)c4c3oc3ccccc34)C5(C)C)cc21. The van der Waals surface area contributed by atoms with Crippen LogP contribution in [-0.2, 0) is 21.7 Å². The predicted octanol–water partition coefficient (Wildman–Crippen LogP) is 18.0. The fraction of sp³-hybridized carbons (Fsp3) is 0.182. The first-order valence-corrected chi connectivity index (χ1v) is 24.4. The van der Waals surface area contributed by atoms with Gasteiger partial charge in [0.05, 0.1) is 0 Å². The first kappa shape index (κ1) is 38.7. The van der Waals surface area contributed by atoms with Crippen LogP contribution in [0.3, 0.4) is 0 Å². The van der Waals surface area contributed by atoms with Gasteiger partial charge in [0.2, 0.25) is 0 Å². The standard InChI is InChI=1S/C66H50O2/c1-63(2)47-21-13-9-17-37(47)39-27-25-35(29-49(39)63)43-31-53-59(61-57(43)41-19-11-15-23-55(41)67-61)45-33-52-46(34-51(45)65(53,5)6)60-54(66(52,7)8)32-44(58-42-20-12-16-24-56(42)68-62(58)60)36-26-28-40-38-18-10-14-22-48(38)64(3,4)50(40)30-36/h9-34H,1-8H3. The molecule has 9 aromatic carbocycles. The van der Waals surface area contributed by atoms with E-state index in [1.165, 1.54) is 122 Å². The Morgan fingerprint density at radius 3 is 1.06 bits per heavy atom. The number of hydrogen-bond donors (Lipinski definition) is 0. The summed E-state index contributed by atoms with van der Waals surface area (Å²) in [5, 5.41) is 4.69. The van der Waals surface area contributed by atoms with Gasteiger partial charge in [0.15, 0.2) is 0 Å². The molecule has 2 heteroatoms. The molecule has 2 nitrogen and oxygen atoms in total. The van der Waals surface area contributed by atoms with E-state index >= 15 is 0 Å². The van der Waals surface area contributed by atoms with Gasteiger partial charge < -0.3 is 8.83 Å². The van der Waals surface area contributed by atoms with Crippen molar-refractivity contribution in [1.29, 1.82) is 0 Å². The lowest BCUT2D eigenvalue weighted by molar-refractivity contribution is 0.648. The van der Waals surface area contributed by atoms with E-state index in [-0.39, 0.29) is 21.7 Å². The highest BCUT2D eigenvalue weighted by atomic mass is 16.3. The Labute approximate surface area is 396 Å². The summed E-state index contributed by atoms with van der Waals surface area (Å²) in [7, 11) is 0. The molecule has 0 bridgehead atoms. The van der Waals surface area contributed by atoms with Crippen LogP contribution in [0.2, 0.25) is 0 Å². The molecule has 326 valence electrons. The van der Waals surface area contributed by atoms with Crippen molar-refractivity contribution in [1.82, 2.24) is 0 Å². The largest absolute Gasteiger partial charge is 0.455 e. The monoisotopic (exact) mass is 874 g/mol. The molecule has 2 heterocycles. The van der Waals surface area contributed by atoms with Crippen molar-refractivity contribution in [2.75, 3.05) is 0 Å². The van der Waals surface area contributed by atoms with E-state index in [0.29, 0.717) is 0 Å². The molecule has 11 aromatic rings. The highest BCUT2D eigenvalue weighted by Crippen LogP contribution is 2.62. The Hall–Kier alpha value is -7.42. The van der Waals surface area contributed by atoms with E-state index in [9.17, 15) is 0 Å². The molecular formula is C66H50O2. The highest BCUT2D eigenvalue weighted by Gasteiger charge is 2.46. The van der Waals surface area contributed by atoms with Crippen molar-refractivity contribution < 1.29 is 8.83 Å². The van der Waals surface area contributed by atoms with E-state index in [1.54, 1.807) is 0 Å². The molecule has 68 heavy (non-hydrogen) atoms. The van der Waals surface area contributed by atoms with Gasteiger partial charge in [-0.3, -0.25) is 0 Å². The molecule has 0 saturated heterocycles. The Morgan fingerprint density at radius 2 is 0.618 bits per heavy atom. The third kappa shape index (κ3) is 4.55. The van der Waals surface area contributed by atoms with Crippen LogP contribution in [0.15, 0.2) is 167 Å². The van der Waals surface area contributed by atoms with E-state index in [2.05, 4.69) is 213 Å². The van der Waals surface area contributed by atoms with Crippen LogP contribution in [0, 0.1) is 0 Å². The second-order valence-corrected chi connectivity index (χ2v) is 22.4. The molecule has 2 aromatic heterocycles. The van der Waals surface area contributed by atoms with Gasteiger partial charge in [-0.05, 0) is 149 Å². The molecule has 0 amide bonds. The minimum Gasteiger partial charge on any atom is -0.455 e. The van der Waals surface area contributed by atoms with E-state index < -0.39 is 0 Å². The zero-order valence-electron chi connectivity index (χ0n) is 39.8. The number of hydrogen-bond acceptors (Lipinski definition) is 2. The molecule has 4 aliphatic carbocycles. The number of fused-ring (bicyclic) bond motifs is 20. The van der Waals surface area contributed by atoms with E-state index in [0.717, 1.165) is 33.1 Å². The summed E-state index contributed by atoms with van der Waals surface area (Å²) < 4.78 is 14.3. The Balaban J connectivity index is 0.956. The van der Waals surface area contributed by atoms with Gasteiger partial charge >= 0.3 is 0 Å². The van der Waals surface area contributed by atoms with Crippen LogP contribution in [0.25, 0.3) is 111 Å². The molecule has 0 N–H and O–H groups in total. The first-order chi connectivity index (χ1) is 32.7. The molecule has 0 radical (unpaired) electrons. The third-order valence-corrected chi connectivity index (χ3v) is 17.5. The quantitative estimate of drug-likeness (QED) is 0.173. The van der Waals surface area contributed by atoms with Crippen molar-refractivity contribution in [3.05, 3.63) is 202 Å². The van der Waals surface area contributed by atoms with Gasteiger partial charge in [-0.15, -0.1) is 0 Å². The summed E-state index contributed by atoms with van der Waals surface area (Å²) in [6.45, 7) is 19.2. The Morgan fingerprint density at radius 1 is 0.279 bits per heavy atom. The average Bonchev–Trinajstić information content (AvgIpc) is 4.13. The second kappa shape index (κ2) is 12.4. The van der Waals surface area contributed by atoms with Gasteiger partial charge in [0.1, 0.15) is 22.3 Å². The Bertz CT molecular complexity index is 3870. The van der Waals surface area contributed by atoms with Crippen LogP contribution in [-0.4, -0.2) is 0 Å². The molecule has 0 unspecified atom stereocenters. The normalized spacial score (nSPS) is 16.7. The average molecular weight is 875 g/mol. The smallest absolute Gasteiger partial charge is 0.144 e. The lowest BCUT2D eigenvalue weighted by Crippen LogP contribution is -2.17. The first-order valence-electron chi connectivity index (χ1n) is 24.4. The van der Waals surface area contributed by atoms with Crippen LogP contribution < -0.4 is 0 Å². The maximum Gasteiger partial charge on any atom is 0.144 e. The summed E-state index contributed by atoms with van der Waals surface area (Å²) in [6, 6.07) is 59.5. The number of rotatable bonds is 2. The van der Waals surface area contributed by atoms with Crippen LogP contribution in [0.4, 0.5) is 0 Å². The number of benzene rings is 9. The van der Waals surface area contributed by atoms with E-state index in [1.807, 2.05) is 0 Å². The molecule has 0 saturated carbocycles. The summed E-state index contributed by atoms with van der Waals surface area (Å²) in [6.07, 6.45) is 0. The van der Waals surface area contributed by atoms with Crippen molar-refractivity contribution >= 4 is 43.9 Å². The zero-order chi connectivity index (χ0) is 46.0. The molecule has 15 rings (SSSR count). The lowest BCUT2D eigenvalue weighted by atomic mass is 9.78. The topological polar surface area (TPSA) is 26.3 Å². The highest BCUT2D eigenvalue weighted by molar-refractivity contribution is 6.20. The molecular weight excluding hydrogens is 825 g/mol. The zero-order valence-corrected chi connectivity index (χ0v) is 39.8. The maximum atomic E-state index is 7.13. The van der Waals surface area contributed by atoms with Crippen molar-refractivity contribution in [3.63, 3.8) is 0 Å². The van der Waals surface area contributed by atoms with E-state index in [4.69, 9.17) is 8.83 Å².